The molecular weight excluding hydrogens is 402 g/mol. The summed E-state index contributed by atoms with van der Waals surface area (Å²) in [5.74, 6) is 1.73. The van der Waals surface area contributed by atoms with Crippen LogP contribution in [0.15, 0.2) is 42.2 Å². The number of rotatable bonds is 3. The zero-order valence-corrected chi connectivity index (χ0v) is 17.6. The van der Waals surface area contributed by atoms with Crippen LogP contribution in [0.5, 0.6) is 11.5 Å². The lowest BCUT2D eigenvalue weighted by Gasteiger charge is -2.33. The molecule has 0 saturated carbocycles. The Balaban J connectivity index is 1.43. The SMILES string of the molecule is CCc1ccc(/C=C2\Oc3c(ccc4c3CN(C3CCS(=O)(=O)C3)CO4)C2=O)cc1. The molecule has 1 saturated heterocycles. The molecule has 2 aromatic rings. The smallest absolute Gasteiger partial charge is 0.231 e. The molecule has 3 aliphatic rings. The van der Waals surface area contributed by atoms with E-state index >= 15 is 0 Å². The molecule has 156 valence electrons. The van der Waals surface area contributed by atoms with Gasteiger partial charge in [0.25, 0.3) is 0 Å². The quantitative estimate of drug-likeness (QED) is 0.704. The molecule has 3 aliphatic heterocycles. The van der Waals surface area contributed by atoms with Crippen molar-refractivity contribution in [1.29, 1.82) is 0 Å². The highest BCUT2D eigenvalue weighted by molar-refractivity contribution is 7.91. The third-order valence-corrected chi connectivity index (χ3v) is 7.81. The normalized spacial score (nSPS) is 23.7. The molecule has 30 heavy (non-hydrogen) atoms. The number of aryl methyl sites for hydroxylation is 1. The van der Waals surface area contributed by atoms with Crippen LogP contribution in [0.3, 0.4) is 0 Å². The van der Waals surface area contributed by atoms with E-state index in [0.29, 0.717) is 42.5 Å². The number of carbonyl (C=O) groups is 1. The van der Waals surface area contributed by atoms with Gasteiger partial charge in [-0.3, -0.25) is 9.69 Å². The molecule has 3 heterocycles. The van der Waals surface area contributed by atoms with E-state index in [-0.39, 0.29) is 23.3 Å². The van der Waals surface area contributed by atoms with Crippen LogP contribution in [0, 0.1) is 0 Å². The Hall–Kier alpha value is -2.64. The number of Topliss-reactive ketones (excluding diaryl/α,β-unsaturated/α-hetero) is 1. The van der Waals surface area contributed by atoms with Gasteiger partial charge in [-0.15, -0.1) is 0 Å². The van der Waals surface area contributed by atoms with Gasteiger partial charge in [0.05, 0.1) is 22.6 Å². The second-order valence-corrected chi connectivity index (χ2v) is 10.3. The van der Waals surface area contributed by atoms with Crippen molar-refractivity contribution in [2.24, 2.45) is 0 Å². The number of carbonyl (C=O) groups excluding carboxylic acids is 1. The summed E-state index contributed by atoms with van der Waals surface area (Å²) < 4.78 is 35.6. The van der Waals surface area contributed by atoms with Crippen molar-refractivity contribution < 1.29 is 22.7 Å². The topological polar surface area (TPSA) is 72.9 Å². The van der Waals surface area contributed by atoms with Gasteiger partial charge in [0.2, 0.25) is 5.78 Å². The first-order valence-corrected chi connectivity index (χ1v) is 12.0. The average molecular weight is 426 g/mol. The minimum atomic E-state index is -2.98. The maximum absolute atomic E-state index is 12.9. The first-order valence-electron chi connectivity index (χ1n) is 10.2. The van der Waals surface area contributed by atoms with Gasteiger partial charge in [-0.2, -0.15) is 0 Å². The van der Waals surface area contributed by atoms with Gasteiger partial charge in [-0.25, -0.2) is 8.42 Å². The number of hydrogen-bond donors (Lipinski definition) is 0. The van der Waals surface area contributed by atoms with Gasteiger partial charge in [0.1, 0.15) is 18.2 Å². The molecule has 0 amide bonds. The Morgan fingerprint density at radius 1 is 1.17 bits per heavy atom. The second kappa shape index (κ2) is 7.25. The lowest BCUT2D eigenvalue weighted by Crippen LogP contribution is -2.41. The van der Waals surface area contributed by atoms with Crippen molar-refractivity contribution in [2.45, 2.75) is 32.4 Å². The van der Waals surface area contributed by atoms with Crippen LogP contribution < -0.4 is 9.47 Å². The van der Waals surface area contributed by atoms with E-state index in [4.69, 9.17) is 9.47 Å². The fourth-order valence-corrected chi connectivity index (χ4v) is 6.04. The second-order valence-electron chi connectivity index (χ2n) is 8.03. The van der Waals surface area contributed by atoms with Gasteiger partial charge >= 0.3 is 0 Å². The molecule has 5 rings (SSSR count). The highest BCUT2D eigenvalue weighted by atomic mass is 32.2. The lowest BCUT2D eigenvalue weighted by atomic mass is 10.0. The van der Waals surface area contributed by atoms with Crippen LogP contribution in [0.2, 0.25) is 0 Å². The number of fused-ring (bicyclic) bond motifs is 3. The summed E-state index contributed by atoms with van der Waals surface area (Å²) in [6, 6.07) is 11.5. The first-order chi connectivity index (χ1) is 14.4. The Bertz CT molecular complexity index is 1150. The van der Waals surface area contributed by atoms with Crippen LogP contribution in [0.1, 0.15) is 40.4 Å². The molecule has 1 fully saturated rings. The molecule has 0 radical (unpaired) electrons. The molecule has 1 atom stereocenters. The zero-order valence-electron chi connectivity index (χ0n) is 16.8. The van der Waals surface area contributed by atoms with Crippen molar-refractivity contribution in [1.82, 2.24) is 4.90 Å². The van der Waals surface area contributed by atoms with Crippen LogP contribution in [0.25, 0.3) is 6.08 Å². The summed E-state index contributed by atoms with van der Waals surface area (Å²) in [7, 11) is -2.98. The predicted molar refractivity (Wildman–Crippen MR) is 113 cm³/mol. The van der Waals surface area contributed by atoms with E-state index in [9.17, 15) is 13.2 Å². The lowest BCUT2D eigenvalue weighted by molar-refractivity contribution is 0.0634. The molecule has 0 N–H and O–H groups in total. The van der Waals surface area contributed by atoms with Gasteiger partial charge in [-0.05, 0) is 42.2 Å². The summed E-state index contributed by atoms with van der Waals surface area (Å²) in [6.45, 7) is 2.94. The van der Waals surface area contributed by atoms with Crippen LogP contribution in [-0.2, 0) is 22.8 Å². The first kappa shape index (κ1) is 19.3. The average Bonchev–Trinajstić information content (AvgIpc) is 3.27. The molecule has 1 unspecified atom stereocenters. The standard InChI is InChI=1S/C23H23NO5S/c1-2-15-3-5-16(6-4-15)11-21-22(25)18-7-8-20-19(23(18)29-21)12-24(14-28-20)17-9-10-30(26,27)13-17/h3-8,11,17H,2,9-10,12-14H2,1H3/b21-11-. The Labute approximate surface area is 176 Å². The third kappa shape index (κ3) is 3.42. The van der Waals surface area contributed by atoms with Gasteiger partial charge in [0, 0.05) is 12.6 Å². The number of ether oxygens (including phenoxy) is 2. The van der Waals surface area contributed by atoms with Crippen molar-refractivity contribution in [3.8, 4) is 11.5 Å². The summed E-state index contributed by atoms with van der Waals surface area (Å²) >= 11 is 0. The van der Waals surface area contributed by atoms with Gasteiger partial charge < -0.3 is 9.47 Å². The Morgan fingerprint density at radius 3 is 2.67 bits per heavy atom. The van der Waals surface area contributed by atoms with Crippen molar-refractivity contribution in [3.63, 3.8) is 0 Å². The largest absolute Gasteiger partial charge is 0.478 e. The number of allylic oxidation sites excluding steroid dienone is 1. The number of ketones is 1. The molecule has 0 bridgehead atoms. The van der Waals surface area contributed by atoms with E-state index < -0.39 is 9.84 Å². The number of hydrogen-bond acceptors (Lipinski definition) is 6. The minimum absolute atomic E-state index is 0.0665. The van der Waals surface area contributed by atoms with Crippen molar-refractivity contribution in [3.05, 3.63) is 64.4 Å². The molecule has 7 heteroatoms. The van der Waals surface area contributed by atoms with E-state index in [2.05, 4.69) is 6.92 Å². The fraction of sp³-hybridized carbons (Fsp3) is 0.348. The fourth-order valence-electron chi connectivity index (χ4n) is 4.27. The summed E-state index contributed by atoms with van der Waals surface area (Å²) in [5.41, 5.74) is 3.47. The zero-order chi connectivity index (χ0) is 20.9. The third-order valence-electron chi connectivity index (χ3n) is 6.06. The highest BCUT2D eigenvalue weighted by Crippen LogP contribution is 2.42. The Morgan fingerprint density at radius 2 is 1.97 bits per heavy atom. The predicted octanol–water partition coefficient (Wildman–Crippen LogP) is 3.20. The van der Waals surface area contributed by atoms with Crippen LogP contribution in [-0.4, -0.2) is 43.4 Å². The molecule has 0 aromatic heterocycles. The van der Waals surface area contributed by atoms with E-state index in [1.165, 1.54) is 5.56 Å². The van der Waals surface area contributed by atoms with E-state index in [1.807, 2.05) is 29.2 Å². The minimum Gasteiger partial charge on any atom is -0.478 e. The van der Waals surface area contributed by atoms with Crippen molar-refractivity contribution >= 4 is 21.7 Å². The van der Waals surface area contributed by atoms with Crippen molar-refractivity contribution in [2.75, 3.05) is 18.2 Å². The molecule has 2 aromatic carbocycles. The molecule has 0 aliphatic carbocycles. The summed E-state index contributed by atoms with van der Waals surface area (Å²) in [6.07, 6.45) is 3.33. The molecule has 6 nitrogen and oxygen atoms in total. The van der Waals surface area contributed by atoms with Crippen LogP contribution in [0.4, 0.5) is 0 Å². The highest BCUT2D eigenvalue weighted by Gasteiger charge is 2.38. The van der Waals surface area contributed by atoms with E-state index in [0.717, 1.165) is 17.5 Å². The maximum atomic E-state index is 12.9. The molecular formula is C23H23NO5S. The maximum Gasteiger partial charge on any atom is 0.231 e. The van der Waals surface area contributed by atoms with Gasteiger partial charge in [-0.1, -0.05) is 31.2 Å². The number of benzene rings is 2. The summed E-state index contributed by atoms with van der Waals surface area (Å²) in [4.78, 5) is 14.9. The Kier molecular flexibility index (Phi) is 4.67. The number of nitrogens with zero attached hydrogens (tertiary/aromatic N) is 1. The molecule has 0 spiro atoms. The number of sulfone groups is 1. The van der Waals surface area contributed by atoms with Gasteiger partial charge in [0.15, 0.2) is 15.6 Å². The monoisotopic (exact) mass is 425 g/mol. The summed E-state index contributed by atoms with van der Waals surface area (Å²) in [5, 5.41) is 0. The van der Waals surface area contributed by atoms with E-state index in [1.54, 1.807) is 18.2 Å². The van der Waals surface area contributed by atoms with Crippen LogP contribution >= 0.6 is 0 Å².